The van der Waals surface area contributed by atoms with Gasteiger partial charge in [-0.1, -0.05) is 65.8 Å². The van der Waals surface area contributed by atoms with E-state index in [1.807, 2.05) is 43.3 Å². The molecule has 0 radical (unpaired) electrons. The molecule has 3 nitrogen and oxygen atoms in total. The molecule has 140 valence electrons. The predicted octanol–water partition coefficient (Wildman–Crippen LogP) is 5.90. The van der Waals surface area contributed by atoms with Crippen LogP contribution in [0.4, 0.5) is 5.69 Å². The summed E-state index contributed by atoms with van der Waals surface area (Å²) in [6.07, 6.45) is 0.0944. The van der Waals surface area contributed by atoms with Crippen molar-refractivity contribution >= 4 is 11.6 Å². The average Bonchev–Trinajstić information content (AvgIpc) is 2.59. The molecule has 1 amide bonds. The van der Waals surface area contributed by atoms with E-state index in [9.17, 15) is 4.79 Å². The van der Waals surface area contributed by atoms with Crippen LogP contribution in [0.25, 0.3) is 0 Å². The highest BCUT2D eigenvalue weighted by molar-refractivity contribution is 5.94. The molecular formula is C23H31NO2. The third-order valence-corrected chi connectivity index (χ3v) is 4.51. The number of rotatable bonds is 6. The minimum atomic E-state index is -0.514. The van der Waals surface area contributed by atoms with Crippen LogP contribution in [0, 0.1) is 0 Å². The van der Waals surface area contributed by atoms with E-state index in [0.717, 1.165) is 11.4 Å². The van der Waals surface area contributed by atoms with Gasteiger partial charge < -0.3 is 10.1 Å². The highest BCUT2D eigenvalue weighted by atomic mass is 16.5. The second-order valence-electron chi connectivity index (χ2n) is 8.06. The van der Waals surface area contributed by atoms with Gasteiger partial charge in [0.15, 0.2) is 6.10 Å². The lowest BCUT2D eigenvalue weighted by Crippen LogP contribution is -2.32. The molecule has 1 unspecified atom stereocenters. The summed E-state index contributed by atoms with van der Waals surface area (Å²) in [4.78, 5) is 12.6. The summed E-state index contributed by atoms with van der Waals surface area (Å²) in [5, 5.41) is 2.95. The maximum absolute atomic E-state index is 12.6. The van der Waals surface area contributed by atoms with E-state index in [1.165, 1.54) is 11.1 Å². The van der Waals surface area contributed by atoms with Crippen LogP contribution < -0.4 is 10.1 Å². The Morgan fingerprint density at radius 3 is 2.04 bits per heavy atom. The third-order valence-electron chi connectivity index (χ3n) is 4.51. The van der Waals surface area contributed by atoms with E-state index >= 15 is 0 Å². The Hall–Kier alpha value is -2.29. The summed E-state index contributed by atoms with van der Waals surface area (Å²) < 4.78 is 5.92. The Labute approximate surface area is 157 Å². The van der Waals surface area contributed by atoms with Gasteiger partial charge in [-0.25, -0.2) is 0 Å². The van der Waals surface area contributed by atoms with Gasteiger partial charge in [0.2, 0.25) is 0 Å². The first-order chi connectivity index (χ1) is 12.2. The quantitative estimate of drug-likeness (QED) is 0.702. The lowest BCUT2D eigenvalue weighted by Gasteiger charge is -2.21. The number of benzene rings is 2. The van der Waals surface area contributed by atoms with Crippen LogP contribution in [0.15, 0.2) is 48.5 Å². The summed E-state index contributed by atoms with van der Waals surface area (Å²) in [7, 11) is 0. The van der Waals surface area contributed by atoms with E-state index < -0.39 is 6.10 Å². The second kappa shape index (κ2) is 8.39. The van der Waals surface area contributed by atoms with Crippen LogP contribution in [-0.4, -0.2) is 12.0 Å². The molecule has 26 heavy (non-hydrogen) atoms. The molecular weight excluding hydrogens is 322 g/mol. The fourth-order valence-corrected chi connectivity index (χ4v) is 2.69. The highest BCUT2D eigenvalue weighted by Crippen LogP contribution is 2.25. The van der Waals surface area contributed by atoms with Gasteiger partial charge in [-0.2, -0.15) is 0 Å². The van der Waals surface area contributed by atoms with Gasteiger partial charge in [0.1, 0.15) is 5.75 Å². The summed E-state index contributed by atoms with van der Waals surface area (Å²) in [5.74, 6) is 1.07. The monoisotopic (exact) mass is 353 g/mol. The van der Waals surface area contributed by atoms with E-state index in [2.05, 4.69) is 52.1 Å². The minimum absolute atomic E-state index is 0.0994. The smallest absolute Gasteiger partial charge is 0.265 e. The van der Waals surface area contributed by atoms with Crippen LogP contribution in [0.1, 0.15) is 65.0 Å². The van der Waals surface area contributed by atoms with E-state index in [0.29, 0.717) is 12.3 Å². The number of amides is 1. The molecule has 0 bridgehead atoms. The maximum Gasteiger partial charge on any atom is 0.265 e. The number of hydrogen-bond acceptors (Lipinski definition) is 2. The van der Waals surface area contributed by atoms with E-state index in [-0.39, 0.29) is 11.3 Å². The lowest BCUT2D eigenvalue weighted by molar-refractivity contribution is -0.122. The zero-order chi connectivity index (χ0) is 19.3. The molecule has 1 N–H and O–H groups in total. The lowest BCUT2D eigenvalue weighted by atomic mass is 9.87. The molecule has 0 aliphatic rings. The molecule has 0 heterocycles. The number of anilines is 1. The SMILES string of the molecule is CCC(Oc1ccc(C(C)(C)C)cc1)C(=O)Nc1ccc(C(C)C)cc1. The zero-order valence-electron chi connectivity index (χ0n) is 16.8. The fourth-order valence-electron chi connectivity index (χ4n) is 2.69. The van der Waals surface area contributed by atoms with Gasteiger partial charge in [-0.05, 0) is 53.1 Å². The van der Waals surface area contributed by atoms with Crippen LogP contribution in [-0.2, 0) is 10.2 Å². The molecule has 1 atom stereocenters. The first kappa shape index (κ1) is 20.0. The van der Waals surface area contributed by atoms with Crippen molar-refractivity contribution in [3.63, 3.8) is 0 Å². The van der Waals surface area contributed by atoms with Crippen molar-refractivity contribution in [3.05, 3.63) is 59.7 Å². The normalized spacial score (nSPS) is 12.7. The molecule has 3 heteroatoms. The van der Waals surface area contributed by atoms with Crippen LogP contribution in [0.5, 0.6) is 5.75 Å². The van der Waals surface area contributed by atoms with Gasteiger partial charge >= 0.3 is 0 Å². The Kier molecular flexibility index (Phi) is 6.47. The molecule has 0 saturated heterocycles. The van der Waals surface area contributed by atoms with Gasteiger partial charge in [0, 0.05) is 5.69 Å². The Morgan fingerprint density at radius 1 is 1.00 bits per heavy atom. The minimum Gasteiger partial charge on any atom is -0.481 e. The van der Waals surface area contributed by atoms with Crippen LogP contribution >= 0.6 is 0 Å². The molecule has 2 rings (SSSR count). The Morgan fingerprint density at radius 2 is 1.58 bits per heavy atom. The van der Waals surface area contributed by atoms with Gasteiger partial charge in [0.05, 0.1) is 0 Å². The second-order valence-corrected chi connectivity index (χ2v) is 8.06. The van der Waals surface area contributed by atoms with Crippen molar-refractivity contribution in [2.24, 2.45) is 0 Å². The highest BCUT2D eigenvalue weighted by Gasteiger charge is 2.19. The maximum atomic E-state index is 12.6. The Balaban J connectivity index is 2.02. The summed E-state index contributed by atoms with van der Waals surface area (Å²) in [6.45, 7) is 12.8. The number of ether oxygens (including phenoxy) is 1. The summed E-state index contributed by atoms with van der Waals surface area (Å²) in [6, 6.07) is 16.0. The molecule has 0 aliphatic carbocycles. The Bertz CT molecular complexity index is 709. The number of hydrogen-bond donors (Lipinski definition) is 1. The van der Waals surface area contributed by atoms with Crippen molar-refractivity contribution < 1.29 is 9.53 Å². The number of nitrogens with one attached hydrogen (secondary N) is 1. The van der Waals surface area contributed by atoms with Gasteiger partial charge in [-0.3, -0.25) is 4.79 Å². The molecule has 2 aromatic rings. The van der Waals surface area contributed by atoms with Crippen molar-refractivity contribution in [2.45, 2.75) is 65.4 Å². The first-order valence-corrected chi connectivity index (χ1v) is 9.38. The zero-order valence-corrected chi connectivity index (χ0v) is 16.8. The molecule has 0 spiro atoms. The number of carbonyl (C=O) groups is 1. The fraction of sp³-hybridized carbons (Fsp3) is 0.435. The topological polar surface area (TPSA) is 38.3 Å². The van der Waals surface area contributed by atoms with Crippen LogP contribution in [0.2, 0.25) is 0 Å². The molecule has 0 aliphatic heterocycles. The van der Waals surface area contributed by atoms with Crippen molar-refractivity contribution in [2.75, 3.05) is 5.32 Å². The molecule has 0 fully saturated rings. The van der Waals surface area contributed by atoms with Crippen molar-refractivity contribution in [1.82, 2.24) is 0 Å². The standard InChI is InChI=1S/C23H31NO2/c1-7-21(26-20-14-10-18(11-15-20)23(4,5)6)22(25)24-19-12-8-17(9-13-19)16(2)3/h8-16,21H,7H2,1-6H3,(H,24,25). The number of carbonyl (C=O) groups excluding carboxylic acids is 1. The molecule has 2 aromatic carbocycles. The summed E-state index contributed by atoms with van der Waals surface area (Å²) in [5.41, 5.74) is 3.39. The largest absolute Gasteiger partial charge is 0.481 e. The third kappa shape index (κ3) is 5.35. The first-order valence-electron chi connectivity index (χ1n) is 9.38. The van der Waals surface area contributed by atoms with E-state index in [4.69, 9.17) is 4.74 Å². The van der Waals surface area contributed by atoms with Crippen molar-refractivity contribution in [3.8, 4) is 5.75 Å². The van der Waals surface area contributed by atoms with Gasteiger partial charge in [-0.15, -0.1) is 0 Å². The van der Waals surface area contributed by atoms with Crippen molar-refractivity contribution in [1.29, 1.82) is 0 Å². The molecule has 0 aromatic heterocycles. The van der Waals surface area contributed by atoms with Crippen LogP contribution in [0.3, 0.4) is 0 Å². The van der Waals surface area contributed by atoms with Gasteiger partial charge in [0.25, 0.3) is 5.91 Å². The molecule has 0 saturated carbocycles. The predicted molar refractivity (Wildman–Crippen MR) is 109 cm³/mol. The summed E-state index contributed by atoms with van der Waals surface area (Å²) >= 11 is 0. The van der Waals surface area contributed by atoms with E-state index in [1.54, 1.807) is 0 Å². The average molecular weight is 354 g/mol.